The molecule has 4 aromatic rings. The normalized spacial score (nSPS) is 11.0. The van der Waals surface area contributed by atoms with Gasteiger partial charge in [-0.25, -0.2) is 4.98 Å². The van der Waals surface area contributed by atoms with Gasteiger partial charge in [0.05, 0.1) is 16.0 Å². The number of hydrogen-bond donors (Lipinski definition) is 2. The van der Waals surface area contributed by atoms with Crippen LogP contribution < -0.4 is 10.6 Å². The molecule has 0 spiro atoms. The number of rotatable bonds is 7. The fourth-order valence-corrected chi connectivity index (χ4v) is 4.64. The van der Waals surface area contributed by atoms with Gasteiger partial charge in [-0.2, -0.15) is 0 Å². The Bertz CT molecular complexity index is 1300. The Hall–Kier alpha value is -3.24. The Labute approximate surface area is 193 Å². The first-order valence-corrected chi connectivity index (χ1v) is 11.8. The minimum absolute atomic E-state index is 0.184. The number of benzene rings is 2. The maximum Gasteiger partial charge on any atom is 0.257 e. The summed E-state index contributed by atoms with van der Waals surface area (Å²) in [6.45, 7) is 3.99. The number of hydrogen-bond acceptors (Lipinski definition) is 7. The largest absolute Gasteiger partial charge is 0.325 e. The molecular formula is C22H22N6O2S2. The minimum atomic E-state index is -0.274. The zero-order chi connectivity index (χ0) is 22.7. The lowest BCUT2D eigenvalue weighted by Crippen LogP contribution is -2.17. The van der Waals surface area contributed by atoms with Crippen LogP contribution in [0.25, 0.3) is 10.2 Å². The highest BCUT2D eigenvalue weighted by molar-refractivity contribution is 7.99. The van der Waals surface area contributed by atoms with Gasteiger partial charge in [-0.3, -0.25) is 14.9 Å². The van der Waals surface area contributed by atoms with Gasteiger partial charge < -0.3 is 9.88 Å². The van der Waals surface area contributed by atoms with Gasteiger partial charge in [0.15, 0.2) is 10.3 Å². The quantitative estimate of drug-likeness (QED) is 0.394. The lowest BCUT2D eigenvalue weighted by atomic mass is 10.1. The molecule has 0 bridgehead atoms. The fourth-order valence-electron chi connectivity index (χ4n) is 3.03. The van der Waals surface area contributed by atoms with Crippen molar-refractivity contribution in [3.05, 3.63) is 59.4 Å². The summed E-state index contributed by atoms with van der Waals surface area (Å²) in [5.41, 5.74) is 4.00. The molecule has 2 heterocycles. The molecule has 8 nitrogen and oxygen atoms in total. The predicted molar refractivity (Wildman–Crippen MR) is 128 cm³/mol. The highest BCUT2D eigenvalue weighted by Gasteiger charge is 2.14. The van der Waals surface area contributed by atoms with Crippen molar-refractivity contribution >= 4 is 55.9 Å². The number of nitrogens with one attached hydrogen (secondary N) is 2. The van der Waals surface area contributed by atoms with Crippen LogP contribution >= 0.6 is 23.1 Å². The summed E-state index contributed by atoms with van der Waals surface area (Å²) in [4.78, 5) is 29.7. The Morgan fingerprint density at radius 1 is 1.16 bits per heavy atom. The highest BCUT2D eigenvalue weighted by atomic mass is 32.2. The maximum atomic E-state index is 12.8. The van der Waals surface area contributed by atoms with Crippen LogP contribution in [0.5, 0.6) is 0 Å². The average molecular weight is 467 g/mol. The van der Waals surface area contributed by atoms with Crippen molar-refractivity contribution in [1.29, 1.82) is 0 Å². The third-order valence-electron chi connectivity index (χ3n) is 4.86. The van der Waals surface area contributed by atoms with Crippen LogP contribution in [0.15, 0.2) is 47.9 Å². The number of carbonyl (C=O) groups excluding carboxylic acids is 2. The molecule has 10 heteroatoms. The van der Waals surface area contributed by atoms with E-state index in [9.17, 15) is 9.59 Å². The Balaban J connectivity index is 1.43. The maximum absolute atomic E-state index is 12.8. The lowest BCUT2D eigenvalue weighted by Gasteiger charge is -2.10. The summed E-state index contributed by atoms with van der Waals surface area (Å²) >= 11 is 2.74. The molecule has 0 aliphatic carbocycles. The summed E-state index contributed by atoms with van der Waals surface area (Å²) in [6.07, 6.45) is 2.53. The molecule has 2 aromatic heterocycles. The zero-order valence-corrected chi connectivity index (χ0v) is 19.5. The van der Waals surface area contributed by atoms with E-state index in [1.807, 2.05) is 32.2 Å². The standard InChI is InChI=1S/C22H22N6O2S2/c1-4-14-6-8-16-18(9-14)32-21(25-16)26-20(30)15-7-5-13(2)17(10-15)24-19(29)11-31-22-27-23-12-28(22)3/h5-10,12H,4,11H2,1-3H3,(H,24,29)(H,25,26,30). The number of nitrogens with zero attached hydrogens (tertiary/aromatic N) is 4. The smallest absolute Gasteiger partial charge is 0.257 e. The van der Waals surface area contributed by atoms with Gasteiger partial charge >= 0.3 is 0 Å². The van der Waals surface area contributed by atoms with Crippen molar-refractivity contribution in [3.8, 4) is 0 Å². The molecule has 2 N–H and O–H groups in total. The van der Waals surface area contributed by atoms with Crippen molar-refractivity contribution in [1.82, 2.24) is 19.7 Å². The summed E-state index contributed by atoms with van der Waals surface area (Å²) in [6, 6.07) is 11.3. The third kappa shape index (κ3) is 4.97. The number of carbonyl (C=O) groups is 2. The van der Waals surface area contributed by atoms with E-state index in [0.717, 1.165) is 22.2 Å². The first-order valence-electron chi connectivity index (χ1n) is 10.0. The zero-order valence-electron chi connectivity index (χ0n) is 17.9. The van der Waals surface area contributed by atoms with Crippen LogP contribution in [0, 0.1) is 6.92 Å². The van der Waals surface area contributed by atoms with E-state index in [1.54, 1.807) is 23.0 Å². The molecule has 0 saturated carbocycles. The lowest BCUT2D eigenvalue weighted by molar-refractivity contribution is -0.113. The molecule has 0 saturated heterocycles. The molecule has 2 amide bonds. The Morgan fingerprint density at radius 3 is 2.75 bits per heavy atom. The number of amides is 2. The van der Waals surface area contributed by atoms with Crippen LogP contribution in [0.3, 0.4) is 0 Å². The van der Waals surface area contributed by atoms with Crippen molar-refractivity contribution < 1.29 is 9.59 Å². The molecule has 2 aromatic carbocycles. The SMILES string of the molecule is CCc1ccc2nc(NC(=O)c3ccc(C)c(NC(=O)CSc4nncn4C)c3)sc2c1. The van der Waals surface area contributed by atoms with Crippen LogP contribution in [0.1, 0.15) is 28.4 Å². The molecule has 0 radical (unpaired) electrons. The molecule has 4 rings (SSSR count). The van der Waals surface area contributed by atoms with Crippen LogP contribution in [0.2, 0.25) is 0 Å². The van der Waals surface area contributed by atoms with Crippen LogP contribution in [-0.4, -0.2) is 37.3 Å². The molecule has 0 aliphatic rings. The second kappa shape index (κ2) is 9.49. The van der Waals surface area contributed by atoms with Crippen molar-refractivity contribution in [2.24, 2.45) is 7.05 Å². The fraction of sp³-hybridized carbons (Fsp3) is 0.227. The van der Waals surface area contributed by atoms with Gasteiger partial charge in [-0.05, 0) is 48.7 Å². The van der Waals surface area contributed by atoms with E-state index in [0.29, 0.717) is 21.5 Å². The molecule has 0 unspecified atom stereocenters. The second-order valence-electron chi connectivity index (χ2n) is 7.22. The Morgan fingerprint density at radius 2 is 2.00 bits per heavy atom. The number of thiazole rings is 1. The average Bonchev–Trinajstić information content (AvgIpc) is 3.38. The van der Waals surface area contributed by atoms with E-state index in [1.165, 1.54) is 28.7 Å². The van der Waals surface area contributed by atoms with E-state index in [4.69, 9.17) is 0 Å². The van der Waals surface area contributed by atoms with Crippen molar-refractivity contribution in [3.63, 3.8) is 0 Å². The van der Waals surface area contributed by atoms with Crippen LogP contribution in [-0.2, 0) is 18.3 Å². The summed E-state index contributed by atoms with van der Waals surface area (Å²) in [7, 11) is 1.82. The van der Waals surface area contributed by atoms with Gasteiger partial charge in [0.25, 0.3) is 5.91 Å². The Kier molecular flexibility index (Phi) is 6.52. The third-order valence-corrected chi connectivity index (χ3v) is 6.83. The van der Waals surface area contributed by atoms with E-state index >= 15 is 0 Å². The molecule has 164 valence electrons. The van der Waals surface area contributed by atoms with E-state index in [-0.39, 0.29) is 17.6 Å². The molecule has 0 aliphatic heterocycles. The number of aromatic nitrogens is 4. The van der Waals surface area contributed by atoms with Gasteiger partial charge in [0.1, 0.15) is 6.33 Å². The predicted octanol–water partition coefficient (Wildman–Crippen LogP) is 4.28. The minimum Gasteiger partial charge on any atom is -0.325 e. The van der Waals surface area contributed by atoms with Crippen molar-refractivity contribution in [2.75, 3.05) is 16.4 Å². The number of anilines is 2. The first kappa shape index (κ1) is 22.0. The molecule has 0 fully saturated rings. The molecule has 0 atom stereocenters. The topological polar surface area (TPSA) is 102 Å². The summed E-state index contributed by atoms with van der Waals surface area (Å²) in [5, 5.41) is 14.7. The highest BCUT2D eigenvalue weighted by Crippen LogP contribution is 2.28. The van der Waals surface area contributed by atoms with Gasteiger partial charge in [-0.1, -0.05) is 42.2 Å². The second-order valence-corrected chi connectivity index (χ2v) is 9.19. The number of aryl methyl sites for hydroxylation is 3. The van der Waals surface area contributed by atoms with Gasteiger partial charge in [-0.15, -0.1) is 10.2 Å². The number of thioether (sulfide) groups is 1. The number of fused-ring (bicyclic) bond motifs is 1. The summed E-state index contributed by atoms with van der Waals surface area (Å²) in [5.74, 6) is -0.270. The monoisotopic (exact) mass is 466 g/mol. The van der Waals surface area contributed by atoms with E-state index in [2.05, 4.69) is 38.8 Å². The van der Waals surface area contributed by atoms with Gasteiger partial charge in [0.2, 0.25) is 5.91 Å². The summed E-state index contributed by atoms with van der Waals surface area (Å²) < 4.78 is 2.79. The molecular weight excluding hydrogens is 444 g/mol. The van der Waals surface area contributed by atoms with E-state index < -0.39 is 0 Å². The van der Waals surface area contributed by atoms with Crippen molar-refractivity contribution in [2.45, 2.75) is 25.4 Å². The van der Waals surface area contributed by atoms with Gasteiger partial charge in [0, 0.05) is 18.3 Å². The van der Waals surface area contributed by atoms with Crippen LogP contribution in [0.4, 0.5) is 10.8 Å². The first-order chi connectivity index (χ1) is 15.4. The molecule has 32 heavy (non-hydrogen) atoms.